The maximum absolute atomic E-state index is 11.1. The molecule has 3 saturated carbocycles. The Balaban J connectivity index is 1.51. The van der Waals surface area contributed by atoms with Gasteiger partial charge in [0.25, 0.3) is 0 Å². The van der Waals surface area contributed by atoms with Gasteiger partial charge in [0.05, 0.1) is 6.10 Å². The van der Waals surface area contributed by atoms with Crippen molar-refractivity contribution in [2.45, 2.75) is 105 Å². The minimum Gasteiger partial charge on any atom is -0.392 e. The summed E-state index contributed by atoms with van der Waals surface area (Å²) >= 11 is 0. The predicted octanol–water partition coefficient (Wildman–Crippen LogP) is 7.55. The molecular weight excluding hydrogens is 352 g/mol. The third-order valence-corrected chi connectivity index (χ3v) is 10.6. The lowest BCUT2D eigenvalue weighted by atomic mass is 9.46. The first-order chi connectivity index (χ1) is 13.7. The fraction of sp³-hybridized carbons (Fsp3) is 0.857. The van der Waals surface area contributed by atoms with Crippen LogP contribution in [0.5, 0.6) is 0 Å². The van der Waals surface area contributed by atoms with Crippen LogP contribution in [-0.2, 0) is 0 Å². The molecule has 0 aromatic rings. The van der Waals surface area contributed by atoms with Crippen molar-refractivity contribution in [2.75, 3.05) is 0 Å². The van der Waals surface area contributed by atoms with E-state index in [4.69, 9.17) is 0 Å². The van der Waals surface area contributed by atoms with Crippen LogP contribution in [0.2, 0.25) is 0 Å². The fourth-order valence-corrected chi connectivity index (χ4v) is 8.59. The van der Waals surface area contributed by atoms with Crippen molar-refractivity contribution in [3.05, 3.63) is 23.8 Å². The zero-order valence-corrected chi connectivity index (χ0v) is 19.8. The smallest absolute Gasteiger partial charge is 0.0633 e. The third-order valence-electron chi connectivity index (χ3n) is 10.6. The number of hydrogen-bond donors (Lipinski definition) is 1. The largest absolute Gasteiger partial charge is 0.392 e. The van der Waals surface area contributed by atoms with Gasteiger partial charge in [-0.2, -0.15) is 0 Å². The summed E-state index contributed by atoms with van der Waals surface area (Å²) in [6, 6.07) is 0. The number of rotatable bonds is 5. The number of aliphatic hydroxyl groups is 1. The zero-order valence-electron chi connectivity index (χ0n) is 19.8. The molecule has 0 radical (unpaired) electrons. The summed E-state index contributed by atoms with van der Waals surface area (Å²) in [5, 5.41) is 11.1. The molecule has 4 aliphatic carbocycles. The standard InChI is InChI=1S/C28H46O/c1-18(2)19(3)10-11-20(4)23-14-15-24-22-13-12-21-8-7-9-26(29)28(21,6)25(22)16-17-27(23,24)5/h12,18,20,22-26,29H,3,7-11,13-17H2,1-2,4-6H3/t20-,22+,23-,24+,25+,26?,27-,28+/m1/s1. The molecule has 164 valence electrons. The second kappa shape index (κ2) is 7.85. The molecule has 4 aliphatic rings. The first-order valence-electron chi connectivity index (χ1n) is 12.7. The van der Waals surface area contributed by atoms with E-state index in [1.165, 1.54) is 63.4 Å². The highest BCUT2D eigenvalue weighted by atomic mass is 16.3. The Labute approximate surface area is 180 Å². The highest BCUT2D eigenvalue weighted by Crippen LogP contribution is 2.67. The number of allylic oxidation sites excluding steroid dienone is 2. The van der Waals surface area contributed by atoms with Crippen molar-refractivity contribution in [3.63, 3.8) is 0 Å². The molecule has 0 aliphatic heterocycles. The van der Waals surface area contributed by atoms with Crippen LogP contribution < -0.4 is 0 Å². The average molecular weight is 399 g/mol. The molecule has 0 bridgehead atoms. The Morgan fingerprint density at radius 1 is 1.14 bits per heavy atom. The molecule has 0 amide bonds. The minimum absolute atomic E-state index is 0.0706. The minimum atomic E-state index is -0.113. The number of fused-ring (bicyclic) bond motifs is 5. The SMILES string of the molecule is C=C(CC[C@@H](C)[C@H]1CC[C@H]2[C@@H]3CC=C4CCCC(O)[C@]4(C)[C@H]3CC[C@]12C)C(C)C. The van der Waals surface area contributed by atoms with Gasteiger partial charge in [0.2, 0.25) is 0 Å². The topological polar surface area (TPSA) is 20.2 Å². The summed E-state index contributed by atoms with van der Waals surface area (Å²) in [4.78, 5) is 0. The van der Waals surface area contributed by atoms with Crippen LogP contribution in [0.1, 0.15) is 98.8 Å². The average Bonchev–Trinajstić information content (AvgIpc) is 3.04. The van der Waals surface area contributed by atoms with Crippen LogP contribution in [0.15, 0.2) is 23.8 Å². The third kappa shape index (κ3) is 3.38. The van der Waals surface area contributed by atoms with Crippen LogP contribution >= 0.6 is 0 Å². The summed E-state index contributed by atoms with van der Waals surface area (Å²) < 4.78 is 0. The molecule has 0 heterocycles. The number of aliphatic hydroxyl groups excluding tert-OH is 1. The molecule has 8 atom stereocenters. The van der Waals surface area contributed by atoms with Gasteiger partial charge in [-0.15, -0.1) is 0 Å². The van der Waals surface area contributed by atoms with Gasteiger partial charge in [0.15, 0.2) is 0 Å². The van der Waals surface area contributed by atoms with Gasteiger partial charge >= 0.3 is 0 Å². The lowest BCUT2D eigenvalue weighted by Crippen LogP contribution is -2.54. The van der Waals surface area contributed by atoms with E-state index < -0.39 is 0 Å². The first-order valence-corrected chi connectivity index (χ1v) is 12.7. The molecular formula is C28H46O. The van der Waals surface area contributed by atoms with Crippen molar-refractivity contribution in [3.8, 4) is 0 Å². The summed E-state index contributed by atoms with van der Waals surface area (Å²) in [5.74, 6) is 4.69. The highest BCUT2D eigenvalue weighted by Gasteiger charge is 2.60. The quantitative estimate of drug-likeness (QED) is 0.474. The summed E-state index contributed by atoms with van der Waals surface area (Å²) in [7, 11) is 0. The second-order valence-corrected chi connectivity index (χ2v) is 12.1. The molecule has 0 saturated heterocycles. The van der Waals surface area contributed by atoms with Crippen molar-refractivity contribution >= 4 is 0 Å². The summed E-state index contributed by atoms with van der Waals surface area (Å²) in [6.07, 6.45) is 15.3. The molecule has 3 fully saturated rings. The van der Waals surface area contributed by atoms with E-state index in [0.29, 0.717) is 17.3 Å². The molecule has 0 spiro atoms. The van der Waals surface area contributed by atoms with Gasteiger partial charge in [-0.05, 0) is 105 Å². The molecule has 1 heteroatoms. The summed E-state index contributed by atoms with van der Waals surface area (Å²) in [5.41, 5.74) is 3.63. The van der Waals surface area contributed by atoms with Crippen LogP contribution in [-0.4, -0.2) is 11.2 Å². The maximum Gasteiger partial charge on any atom is 0.0633 e. The van der Waals surface area contributed by atoms with Crippen LogP contribution in [0, 0.1) is 46.3 Å². The lowest BCUT2D eigenvalue weighted by molar-refractivity contribution is -0.0929. The zero-order chi connectivity index (χ0) is 21.0. The van der Waals surface area contributed by atoms with Crippen molar-refractivity contribution in [1.29, 1.82) is 0 Å². The maximum atomic E-state index is 11.1. The van der Waals surface area contributed by atoms with E-state index in [0.717, 1.165) is 30.1 Å². The van der Waals surface area contributed by atoms with Crippen molar-refractivity contribution in [1.82, 2.24) is 0 Å². The van der Waals surface area contributed by atoms with E-state index in [1.54, 1.807) is 5.57 Å². The molecule has 1 unspecified atom stereocenters. The Kier molecular flexibility index (Phi) is 5.86. The van der Waals surface area contributed by atoms with Crippen LogP contribution in [0.3, 0.4) is 0 Å². The van der Waals surface area contributed by atoms with E-state index in [-0.39, 0.29) is 11.5 Å². The van der Waals surface area contributed by atoms with E-state index in [9.17, 15) is 5.11 Å². The molecule has 0 aromatic carbocycles. The van der Waals surface area contributed by atoms with E-state index >= 15 is 0 Å². The van der Waals surface area contributed by atoms with Crippen LogP contribution in [0.25, 0.3) is 0 Å². The molecule has 1 nitrogen and oxygen atoms in total. The normalized spacial score (nSPS) is 45.2. The second-order valence-electron chi connectivity index (χ2n) is 12.1. The first kappa shape index (κ1) is 21.7. The Hall–Kier alpha value is -0.560. The van der Waals surface area contributed by atoms with E-state index in [1.807, 2.05) is 0 Å². The lowest BCUT2D eigenvalue weighted by Gasteiger charge is -2.59. The molecule has 4 rings (SSSR count). The molecule has 0 aromatic heterocycles. The van der Waals surface area contributed by atoms with Crippen LogP contribution in [0.4, 0.5) is 0 Å². The van der Waals surface area contributed by atoms with E-state index in [2.05, 4.69) is 47.3 Å². The van der Waals surface area contributed by atoms with Gasteiger partial charge in [0, 0.05) is 5.41 Å². The van der Waals surface area contributed by atoms with Gasteiger partial charge in [-0.3, -0.25) is 0 Å². The Morgan fingerprint density at radius 3 is 2.62 bits per heavy atom. The van der Waals surface area contributed by atoms with Gasteiger partial charge in [-0.25, -0.2) is 0 Å². The van der Waals surface area contributed by atoms with Crippen molar-refractivity contribution in [2.24, 2.45) is 46.3 Å². The summed E-state index contributed by atoms with van der Waals surface area (Å²) in [6.45, 7) is 16.5. The van der Waals surface area contributed by atoms with Gasteiger partial charge < -0.3 is 5.11 Å². The Morgan fingerprint density at radius 2 is 1.90 bits per heavy atom. The molecule has 1 N–H and O–H groups in total. The predicted molar refractivity (Wildman–Crippen MR) is 124 cm³/mol. The monoisotopic (exact) mass is 398 g/mol. The Bertz CT molecular complexity index is 659. The van der Waals surface area contributed by atoms with Gasteiger partial charge in [-0.1, -0.05) is 58.4 Å². The number of hydrogen-bond acceptors (Lipinski definition) is 1. The van der Waals surface area contributed by atoms with Gasteiger partial charge in [0.1, 0.15) is 0 Å². The van der Waals surface area contributed by atoms with Crippen molar-refractivity contribution < 1.29 is 5.11 Å². The molecule has 29 heavy (non-hydrogen) atoms. The highest BCUT2D eigenvalue weighted by molar-refractivity contribution is 5.26. The fourth-order valence-electron chi connectivity index (χ4n) is 8.59.